The van der Waals surface area contributed by atoms with Crippen LogP contribution in [-0.4, -0.2) is 18.3 Å². The second kappa shape index (κ2) is 5.89. The lowest BCUT2D eigenvalue weighted by Crippen LogP contribution is -2.39. The van der Waals surface area contributed by atoms with Gasteiger partial charge in [0.15, 0.2) is 0 Å². The quantitative estimate of drug-likeness (QED) is 0.817. The van der Waals surface area contributed by atoms with Crippen molar-refractivity contribution in [1.82, 2.24) is 5.32 Å². The largest absolute Gasteiger partial charge is 0.469 e. The maximum Gasteiger partial charge on any atom is 0.108 e. The fraction of sp³-hybridized carbons (Fsp3) is 0.733. The molecule has 0 fully saturated rings. The van der Waals surface area contributed by atoms with Gasteiger partial charge >= 0.3 is 0 Å². The normalized spacial score (nSPS) is 19.8. The molecule has 1 aromatic rings. The Labute approximate surface area is 110 Å². The molecule has 0 aromatic carbocycles. The van der Waals surface area contributed by atoms with Crippen molar-refractivity contribution >= 4 is 0 Å². The van der Waals surface area contributed by atoms with Gasteiger partial charge in [0.2, 0.25) is 0 Å². The van der Waals surface area contributed by atoms with Crippen molar-refractivity contribution < 1.29 is 9.52 Å². The van der Waals surface area contributed by atoms with Crippen LogP contribution in [0.4, 0.5) is 0 Å². The summed E-state index contributed by atoms with van der Waals surface area (Å²) in [5.41, 5.74) is 1.35. The lowest BCUT2D eigenvalue weighted by Gasteiger charge is -2.33. The zero-order valence-corrected chi connectivity index (χ0v) is 11.5. The molecule has 1 aromatic heterocycles. The lowest BCUT2D eigenvalue weighted by atomic mass is 9.82. The second-order valence-electron chi connectivity index (χ2n) is 5.49. The van der Waals surface area contributed by atoms with Gasteiger partial charge in [-0.15, -0.1) is 0 Å². The molecule has 1 aliphatic carbocycles. The summed E-state index contributed by atoms with van der Waals surface area (Å²) in [6.07, 6.45) is 7.23. The molecular weight excluding hydrogens is 226 g/mol. The maximum absolute atomic E-state index is 9.60. The van der Waals surface area contributed by atoms with Gasteiger partial charge in [0.05, 0.1) is 6.26 Å². The number of aliphatic hydroxyl groups is 1. The van der Waals surface area contributed by atoms with E-state index in [1.165, 1.54) is 18.4 Å². The number of fused-ring (bicyclic) bond motifs is 1. The molecule has 1 aliphatic rings. The van der Waals surface area contributed by atoms with E-state index in [9.17, 15) is 5.11 Å². The van der Waals surface area contributed by atoms with Crippen LogP contribution in [0.3, 0.4) is 0 Å². The number of hydrogen-bond donors (Lipinski definition) is 2. The third-order valence-corrected chi connectivity index (χ3v) is 4.61. The molecule has 0 saturated heterocycles. The smallest absolute Gasteiger partial charge is 0.108 e. The minimum absolute atomic E-state index is 0.0291. The summed E-state index contributed by atoms with van der Waals surface area (Å²) >= 11 is 0. The first kappa shape index (κ1) is 13.6. The van der Waals surface area contributed by atoms with Crippen molar-refractivity contribution in [2.45, 2.75) is 52.0 Å². The summed E-state index contributed by atoms with van der Waals surface area (Å²) in [6, 6.07) is 2.49. The van der Waals surface area contributed by atoms with Crippen LogP contribution < -0.4 is 5.32 Å². The van der Waals surface area contributed by atoms with Crippen molar-refractivity contribution in [1.29, 1.82) is 0 Å². The summed E-state index contributed by atoms with van der Waals surface area (Å²) in [5.74, 6) is 1.14. The molecule has 0 saturated carbocycles. The van der Waals surface area contributed by atoms with Gasteiger partial charge < -0.3 is 14.8 Å². The Hall–Kier alpha value is -0.800. The number of aliphatic hydroxyl groups excluding tert-OH is 1. The van der Waals surface area contributed by atoms with Gasteiger partial charge in [-0.1, -0.05) is 13.8 Å². The molecule has 1 unspecified atom stereocenters. The van der Waals surface area contributed by atoms with Crippen molar-refractivity contribution in [3.63, 3.8) is 0 Å². The van der Waals surface area contributed by atoms with E-state index >= 15 is 0 Å². The first-order valence-corrected chi connectivity index (χ1v) is 7.15. The molecule has 3 heteroatoms. The minimum atomic E-state index is 0.0291. The van der Waals surface area contributed by atoms with Crippen molar-refractivity contribution in [2.24, 2.45) is 5.41 Å². The van der Waals surface area contributed by atoms with E-state index in [0.29, 0.717) is 6.04 Å². The van der Waals surface area contributed by atoms with E-state index in [1.54, 1.807) is 6.26 Å². The highest BCUT2D eigenvalue weighted by Crippen LogP contribution is 2.32. The predicted molar refractivity (Wildman–Crippen MR) is 72.5 cm³/mol. The molecule has 1 atom stereocenters. The molecule has 3 nitrogen and oxygen atoms in total. The van der Waals surface area contributed by atoms with E-state index < -0.39 is 0 Å². The highest BCUT2D eigenvalue weighted by Gasteiger charge is 2.28. The van der Waals surface area contributed by atoms with Crippen LogP contribution in [0, 0.1) is 5.41 Å². The summed E-state index contributed by atoms with van der Waals surface area (Å²) in [7, 11) is 0. The van der Waals surface area contributed by atoms with Crippen molar-refractivity contribution in [3.8, 4) is 0 Å². The van der Waals surface area contributed by atoms with E-state index in [2.05, 4.69) is 25.2 Å². The van der Waals surface area contributed by atoms with Crippen LogP contribution in [0.1, 0.15) is 56.9 Å². The Kier molecular flexibility index (Phi) is 4.46. The molecular formula is C15H25NO2. The van der Waals surface area contributed by atoms with Gasteiger partial charge in [0.1, 0.15) is 5.76 Å². The predicted octanol–water partition coefficient (Wildman–Crippen LogP) is 3.05. The van der Waals surface area contributed by atoms with Crippen molar-refractivity contribution in [3.05, 3.63) is 23.7 Å². The summed E-state index contributed by atoms with van der Waals surface area (Å²) in [4.78, 5) is 0. The SMILES string of the molecule is CCC(CC)(CO)CNC1CCCc2occc21. The molecule has 2 N–H and O–H groups in total. The standard InChI is InChI=1S/C15H25NO2/c1-3-15(4-2,11-17)10-16-13-6-5-7-14-12(13)8-9-18-14/h8-9,13,16-17H,3-7,10-11H2,1-2H3. The average molecular weight is 251 g/mol. The van der Waals surface area contributed by atoms with E-state index in [1.807, 2.05) is 0 Å². The van der Waals surface area contributed by atoms with Crippen LogP contribution in [0.2, 0.25) is 0 Å². The van der Waals surface area contributed by atoms with Gasteiger partial charge in [-0.25, -0.2) is 0 Å². The van der Waals surface area contributed by atoms with Crippen LogP contribution in [0.15, 0.2) is 16.7 Å². The van der Waals surface area contributed by atoms with Gasteiger partial charge in [0.25, 0.3) is 0 Å². The monoisotopic (exact) mass is 251 g/mol. The molecule has 2 rings (SSSR count). The third-order valence-electron chi connectivity index (χ3n) is 4.61. The zero-order valence-electron chi connectivity index (χ0n) is 11.5. The summed E-state index contributed by atoms with van der Waals surface area (Å²) in [6.45, 7) is 5.46. The third kappa shape index (κ3) is 2.62. The Bertz CT molecular complexity index is 360. The number of aryl methyl sites for hydroxylation is 1. The van der Waals surface area contributed by atoms with Crippen LogP contribution in [0.25, 0.3) is 0 Å². The topological polar surface area (TPSA) is 45.4 Å². The van der Waals surface area contributed by atoms with E-state index in [0.717, 1.165) is 31.6 Å². The van der Waals surface area contributed by atoms with E-state index in [-0.39, 0.29) is 12.0 Å². The van der Waals surface area contributed by atoms with Gasteiger partial charge in [-0.05, 0) is 31.7 Å². The molecule has 1 heterocycles. The maximum atomic E-state index is 9.60. The van der Waals surface area contributed by atoms with Gasteiger partial charge in [-0.3, -0.25) is 0 Å². The number of nitrogens with one attached hydrogen (secondary N) is 1. The summed E-state index contributed by atoms with van der Waals surface area (Å²) in [5, 5.41) is 13.2. The minimum Gasteiger partial charge on any atom is -0.469 e. The molecule has 102 valence electrons. The van der Waals surface area contributed by atoms with Crippen LogP contribution in [0.5, 0.6) is 0 Å². The Morgan fingerprint density at radius 1 is 1.44 bits per heavy atom. The summed E-state index contributed by atoms with van der Waals surface area (Å²) < 4.78 is 5.51. The molecule has 0 spiro atoms. The van der Waals surface area contributed by atoms with Gasteiger partial charge in [-0.2, -0.15) is 0 Å². The highest BCUT2D eigenvalue weighted by atomic mass is 16.3. The van der Waals surface area contributed by atoms with Crippen LogP contribution in [-0.2, 0) is 6.42 Å². The average Bonchev–Trinajstić information content (AvgIpc) is 2.90. The molecule has 0 aliphatic heterocycles. The molecule has 0 amide bonds. The second-order valence-corrected chi connectivity index (χ2v) is 5.49. The first-order chi connectivity index (χ1) is 8.74. The Morgan fingerprint density at radius 3 is 2.89 bits per heavy atom. The number of furan rings is 1. The highest BCUT2D eigenvalue weighted by molar-refractivity contribution is 5.24. The number of hydrogen-bond acceptors (Lipinski definition) is 3. The molecule has 0 radical (unpaired) electrons. The molecule has 0 bridgehead atoms. The first-order valence-electron chi connectivity index (χ1n) is 7.15. The Morgan fingerprint density at radius 2 is 2.22 bits per heavy atom. The Balaban J connectivity index is 1.99. The van der Waals surface area contributed by atoms with Crippen LogP contribution >= 0.6 is 0 Å². The lowest BCUT2D eigenvalue weighted by molar-refractivity contribution is 0.108. The fourth-order valence-electron chi connectivity index (χ4n) is 2.82. The van der Waals surface area contributed by atoms with E-state index in [4.69, 9.17) is 4.42 Å². The van der Waals surface area contributed by atoms with Crippen molar-refractivity contribution in [2.75, 3.05) is 13.2 Å². The fourth-order valence-corrected chi connectivity index (χ4v) is 2.82. The zero-order chi connectivity index (χ0) is 13.0. The van der Waals surface area contributed by atoms with Gasteiger partial charge in [0, 0.05) is 36.6 Å². The molecule has 18 heavy (non-hydrogen) atoms. The number of rotatable bonds is 6.